The van der Waals surface area contributed by atoms with Gasteiger partial charge >= 0.3 is 12.2 Å². The predicted molar refractivity (Wildman–Crippen MR) is 105 cm³/mol. The molecule has 0 bridgehead atoms. The molecular weight excluding hydrogens is 397 g/mol. The van der Waals surface area contributed by atoms with Crippen molar-refractivity contribution in [3.05, 3.63) is 52.9 Å². The minimum absolute atomic E-state index is 0.0773. The van der Waals surface area contributed by atoms with Crippen molar-refractivity contribution in [3.63, 3.8) is 0 Å². The molecule has 7 nitrogen and oxygen atoms in total. The largest absolute Gasteiger partial charge is 0.416 e. The fourth-order valence-corrected chi connectivity index (χ4v) is 3.64. The van der Waals surface area contributed by atoms with E-state index in [-0.39, 0.29) is 6.03 Å². The first kappa shape index (κ1) is 21.5. The number of amides is 2. The highest BCUT2D eigenvalue weighted by atomic mass is 19.4. The Hall–Kier alpha value is -3.19. The Labute approximate surface area is 172 Å². The van der Waals surface area contributed by atoms with E-state index in [0.29, 0.717) is 56.7 Å². The summed E-state index contributed by atoms with van der Waals surface area (Å²) in [6.45, 7) is 2.55. The van der Waals surface area contributed by atoms with Gasteiger partial charge in [0, 0.05) is 38.1 Å². The zero-order chi connectivity index (χ0) is 21.7. The van der Waals surface area contributed by atoms with E-state index in [1.54, 1.807) is 16.0 Å². The number of likely N-dealkylation sites (tertiary alicyclic amines) is 1. The summed E-state index contributed by atoms with van der Waals surface area (Å²) >= 11 is 0. The van der Waals surface area contributed by atoms with Gasteiger partial charge in [0.05, 0.1) is 23.8 Å². The van der Waals surface area contributed by atoms with Crippen molar-refractivity contribution in [2.75, 3.05) is 32.7 Å². The van der Waals surface area contributed by atoms with Crippen LogP contribution in [0.1, 0.15) is 24.0 Å². The van der Waals surface area contributed by atoms with Crippen molar-refractivity contribution in [2.45, 2.75) is 19.0 Å². The van der Waals surface area contributed by atoms with Crippen molar-refractivity contribution in [1.29, 1.82) is 5.26 Å². The van der Waals surface area contributed by atoms with Gasteiger partial charge in [-0.05, 0) is 36.1 Å². The maximum absolute atomic E-state index is 12.8. The second-order valence-electron chi connectivity index (χ2n) is 7.12. The number of carbonyl (C=O) groups excluding carboxylic acids is 1. The number of nitrogens with zero attached hydrogens (tertiary/aromatic N) is 3. The number of piperazine rings is 1. The summed E-state index contributed by atoms with van der Waals surface area (Å²) in [6.07, 6.45) is -1.78. The van der Waals surface area contributed by atoms with Gasteiger partial charge < -0.3 is 20.5 Å². The number of nitrogens with two attached hydrogens (primary N) is 1. The standard InChI is InChI=1S/C20H23F3N6O/c21-20(22,23)16-3-1-14(2-4-16)18(11-24)15-5-8-28(9-6-15)19(30)29-10-7-26-17(13-29)12-27-25/h1-4,12,26-27H,5-10,13,25H2/b17-12-. The monoisotopic (exact) mass is 420 g/mol. The van der Waals surface area contributed by atoms with Crippen LogP contribution in [-0.2, 0) is 6.18 Å². The van der Waals surface area contributed by atoms with Crippen molar-refractivity contribution in [3.8, 4) is 6.07 Å². The highest BCUT2D eigenvalue weighted by molar-refractivity contribution is 5.80. The molecule has 2 aliphatic rings. The van der Waals surface area contributed by atoms with Gasteiger partial charge in [0.1, 0.15) is 0 Å². The minimum Gasteiger partial charge on any atom is -0.384 e. The zero-order valence-corrected chi connectivity index (χ0v) is 16.3. The van der Waals surface area contributed by atoms with Gasteiger partial charge in [0.2, 0.25) is 0 Å². The highest BCUT2D eigenvalue weighted by Gasteiger charge is 2.31. The van der Waals surface area contributed by atoms with Crippen LogP contribution < -0.4 is 16.6 Å². The Morgan fingerprint density at radius 1 is 1.17 bits per heavy atom. The number of alkyl halides is 3. The van der Waals surface area contributed by atoms with E-state index in [0.717, 1.165) is 23.4 Å². The molecule has 0 aliphatic carbocycles. The summed E-state index contributed by atoms with van der Waals surface area (Å²) in [5.74, 6) is 5.29. The van der Waals surface area contributed by atoms with Gasteiger partial charge in [-0.25, -0.2) is 4.79 Å². The van der Waals surface area contributed by atoms with Crippen LogP contribution >= 0.6 is 0 Å². The second-order valence-corrected chi connectivity index (χ2v) is 7.12. The molecule has 2 heterocycles. The maximum Gasteiger partial charge on any atom is 0.416 e. The van der Waals surface area contributed by atoms with Crippen LogP contribution in [0, 0.1) is 11.3 Å². The molecule has 0 saturated carbocycles. The lowest BCUT2D eigenvalue weighted by atomic mass is 9.93. The Balaban J connectivity index is 1.67. The number of halogens is 3. The molecule has 0 spiro atoms. The first-order chi connectivity index (χ1) is 14.3. The SMILES string of the molecule is N#CC(=C1CCN(C(=O)N2CCN/C(=C\NN)C2)CC1)c1ccc(C(F)(F)F)cc1. The van der Waals surface area contributed by atoms with E-state index in [2.05, 4.69) is 16.8 Å². The van der Waals surface area contributed by atoms with Gasteiger partial charge in [-0.3, -0.25) is 5.84 Å². The highest BCUT2D eigenvalue weighted by Crippen LogP contribution is 2.32. The predicted octanol–water partition coefficient (Wildman–Crippen LogP) is 2.41. The second kappa shape index (κ2) is 9.09. The lowest BCUT2D eigenvalue weighted by Gasteiger charge is -2.36. The number of urea groups is 1. The molecule has 2 amide bonds. The molecular formula is C20H23F3N6O. The third kappa shape index (κ3) is 4.86. The van der Waals surface area contributed by atoms with E-state index in [4.69, 9.17) is 5.84 Å². The van der Waals surface area contributed by atoms with Crippen LogP contribution in [0.5, 0.6) is 0 Å². The molecule has 3 rings (SSSR count). The third-order valence-electron chi connectivity index (χ3n) is 5.23. The fraction of sp³-hybridized carbons (Fsp3) is 0.400. The number of carbonyl (C=O) groups is 1. The number of allylic oxidation sites excluding steroid dienone is 1. The van der Waals surface area contributed by atoms with E-state index in [1.807, 2.05) is 0 Å². The van der Waals surface area contributed by atoms with Gasteiger partial charge in [0.25, 0.3) is 0 Å². The van der Waals surface area contributed by atoms with Crippen LogP contribution in [0.15, 0.2) is 41.7 Å². The van der Waals surface area contributed by atoms with E-state index < -0.39 is 11.7 Å². The molecule has 0 radical (unpaired) electrons. The molecule has 2 saturated heterocycles. The molecule has 0 unspecified atom stereocenters. The van der Waals surface area contributed by atoms with Crippen molar-refractivity contribution in [1.82, 2.24) is 20.5 Å². The fourth-order valence-electron chi connectivity index (χ4n) is 3.64. The van der Waals surface area contributed by atoms with Gasteiger partial charge in [-0.15, -0.1) is 0 Å². The molecule has 0 aromatic heterocycles. The van der Waals surface area contributed by atoms with Gasteiger partial charge in [-0.2, -0.15) is 18.4 Å². The summed E-state index contributed by atoms with van der Waals surface area (Å²) in [4.78, 5) is 16.3. The molecule has 1 aromatic rings. The summed E-state index contributed by atoms with van der Waals surface area (Å²) in [7, 11) is 0. The summed E-state index contributed by atoms with van der Waals surface area (Å²) in [5, 5.41) is 12.7. The van der Waals surface area contributed by atoms with Crippen LogP contribution in [0.2, 0.25) is 0 Å². The number of hydrogen-bond donors (Lipinski definition) is 3. The molecule has 30 heavy (non-hydrogen) atoms. The first-order valence-corrected chi connectivity index (χ1v) is 9.56. The lowest BCUT2D eigenvalue weighted by molar-refractivity contribution is -0.137. The quantitative estimate of drug-likeness (QED) is 0.388. The first-order valence-electron chi connectivity index (χ1n) is 9.56. The topological polar surface area (TPSA) is 97.4 Å². The van der Waals surface area contributed by atoms with E-state index in [9.17, 15) is 23.2 Å². The Kier molecular flexibility index (Phi) is 6.52. The number of hydrazine groups is 1. The molecule has 160 valence electrons. The number of nitriles is 1. The number of piperidine rings is 1. The normalized spacial score (nSPS) is 18.6. The third-order valence-corrected chi connectivity index (χ3v) is 5.23. The molecule has 4 N–H and O–H groups in total. The number of rotatable bonds is 2. The average Bonchev–Trinajstić information content (AvgIpc) is 2.74. The molecule has 1 aromatic carbocycles. The smallest absolute Gasteiger partial charge is 0.384 e. The van der Waals surface area contributed by atoms with Gasteiger partial charge in [-0.1, -0.05) is 12.1 Å². The van der Waals surface area contributed by atoms with Crippen molar-refractivity contribution >= 4 is 11.6 Å². The number of nitrogens with one attached hydrogen (secondary N) is 2. The van der Waals surface area contributed by atoms with E-state index >= 15 is 0 Å². The zero-order valence-electron chi connectivity index (χ0n) is 16.3. The maximum atomic E-state index is 12.8. The molecule has 10 heteroatoms. The average molecular weight is 420 g/mol. The Bertz CT molecular complexity index is 875. The molecule has 0 atom stereocenters. The number of benzene rings is 1. The van der Waals surface area contributed by atoms with E-state index in [1.165, 1.54) is 12.1 Å². The minimum atomic E-state index is -4.41. The summed E-state index contributed by atoms with van der Waals surface area (Å²) < 4.78 is 38.3. The lowest BCUT2D eigenvalue weighted by Crippen LogP contribution is -2.52. The van der Waals surface area contributed by atoms with Crippen LogP contribution in [0.4, 0.5) is 18.0 Å². The Morgan fingerprint density at radius 2 is 1.83 bits per heavy atom. The summed E-state index contributed by atoms with van der Waals surface area (Å²) in [6, 6.07) is 6.66. The van der Waals surface area contributed by atoms with Gasteiger partial charge in [0.15, 0.2) is 0 Å². The number of hydrogen-bond acceptors (Lipinski definition) is 5. The molecule has 2 fully saturated rings. The molecule has 2 aliphatic heterocycles. The Morgan fingerprint density at radius 3 is 2.40 bits per heavy atom. The van der Waals surface area contributed by atoms with Crippen molar-refractivity contribution < 1.29 is 18.0 Å². The van der Waals surface area contributed by atoms with Crippen LogP contribution in [-0.4, -0.2) is 48.6 Å². The summed E-state index contributed by atoms with van der Waals surface area (Å²) in [5.41, 5.74) is 4.24. The van der Waals surface area contributed by atoms with Crippen LogP contribution in [0.3, 0.4) is 0 Å². The van der Waals surface area contributed by atoms with Crippen LogP contribution in [0.25, 0.3) is 5.57 Å². The van der Waals surface area contributed by atoms with Crippen molar-refractivity contribution in [2.24, 2.45) is 5.84 Å².